The standard InChI is InChI=1S/C30H49FN4O4.ClH/c1-4-5-6-7-8-9-10-11-12-13-18-35(2,3)24-29(36)32-22-26-23-34(30(37)39-26)25-14-15-28(27(31)21-25)33-16-19-38-20-17-33;/h14-15,21,26H,4-13,16-20,22-24H2,1-3H3;1H/t26-;/m0./s1. The van der Waals surface area contributed by atoms with Gasteiger partial charge in [0.2, 0.25) is 0 Å². The molecule has 1 N–H and O–H groups in total. The van der Waals surface area contributed by atoms with Gasteiger partial charge in [0.1, 0.15) is 11.9 Å². The second-order valence-electron chi connectivity index (χ2n) is 11.7. The van der Waals surface area contributed by atoms with Crippen molar-refractivity contribution < 1.29 is 40.3 Å². The number of ether oxygens (including phenoxy) is 2. The zero-order valence-corrected chi connectivity index (χ0v) is 25.5. The molecule has 8 nitrogen and oxygen atoms in total. The number of carbonyl (C=O) groups excluding carboxylic acids is 2. The number of carbonyl (C=O) groups is 2. The Hall–Kier alpha value is -2.10. The first-order chi connectivity index (χ1) is 18.8. The average molecular weight is 585 g/mol. The van der Waals surface area contributed by atoms with Crippen LogP contribution in [0, 0.1) is 5.82 Å². The number of rotatable bonds is 17. The number of amides is 2. The molecule has 10 heteroatoms. The molecule has 0 radical (unpaired) electrons. The zero-order chi connectivity index (χ0) is 28.1. The molecule has 0 aromatic heterocycles. The fraction of sp³-hybridized carbons (Fsp3) is 0.733. The van der Waals surface area contributed by atoms with Gasteiger partial charge in [0.15, 0.2) is 6.54 Å². The van der Waals surface area contributed by atoms with Gasteiger partial charge in [0.25, 0.3) is 5.91 Å². The molecule has 3 rings (SSSR count). The summed E-state index contributed by atoms with van der Waals surface area (Å²) < 4.78 is 26.2. The van der Waals surface area contributed by atoms with Crippen molar-refractivity contribution in [2.45, 2.75) is 77.2 Å². The third-order valence-electron chi connectivity index (χ3n) is 7.68. The normalized spacial score (nSPS) is 17.5. The van der Waals surface area contributed by atoms with Gasteiger partial charge in [-0.2, -0.15) is 0 Å². The Bertz CT molecular complexity index is 914. The second-order valence-corrected chi connectivity index (χ2v) is 11.7. The van der Waals surface area contributed by atoms with Gasteiger partial charge in [-0.1, -0.05) is 58.3 Å². The minimum Gasteiger partial charge on any atom is -1.00 e. The topological polar surface area (TPSA) is 71.1 Å². The number of quaternary nitrogens is 1. The minimum absolute atomic E-state index is 0. The average Bonchev–Trinajstić information content (AvgIpc) is 3.29. The molecule has 2 aliphatic rings. The van der Waals surface area contributed by atoms with Crippen molar-refractivity contribution in [2.24, 2.45) is 0 Å². The van der Waals surface area contributed by atoms with Gasteiger partial charge in [0, 0.05) is 13.1 Å². The number of nitrogens with zero attached hydrogens (tertiary/aromatic N) is 3. The lowest BCUT2D eigenvalue weighted by atomic mass is 10.1. The minimum atomic E-state index is -0.523. The first-order valence-corrected chi connectivity index (χ1v) is 15.0. The number of morpholine rings is 1. The quantitative estimate of drug-likeness (QED) is 0.224. The van der Waals surface area contributed by atoms with Gasteiger partial charge in [-0.25, -0.2) is 9.18 Å². The van der Waals surface area contributed by atoms with E-state index in [9.17, 15) is 14.0 Å². The summed E-state index contributed by atoms with van der Waals surface area (Å²) in [5.41, 5.74) is 0.967. The molecule has 2 saturated heterocycles. The number of unbranched alkanes of at least 4 members (excludes halogenated alkanes) is 9. The Morgan fingerprint density at radius 2 is 1.65 bits per heavy atom. The molecular formula is C30H50ClFN4O4. The van der Waals surface area contributed by atoms with E-state index in [1.807, 2.05) is 4.90 Å². The van der Waals surface area contributed by atoms with Gasteiger partial charge in [-0.15, -0.1) is 0 Å². The number of halogens is 2. The molecule has 40 heavy (non-hydrogen) atoms. The number of hydrogen-bond donors (Lipinski definition) is 1. The van der Waals surface area contributed by atoms with E-state index in [0.717, 1.165) is 13.0 Å². The van der Waals surface area contributed by atoms with Crippen molar-refractivity contribution in [3.05, 3.63) is 24.0 Å². The fourth-order valence-corrected chi connectivity index (χ4v) is 5.34. The molecule has 2 aliphatic heterocycles. The van der Waals surface area contributed by atoms with Crippen molar-refractivity contribution >= 4 is 23.4 Å². The smallest absolute Gasteiger partial charge is 0.414 e. The van der Waals surface area contributed by atoms with Gasteiger partial charge in [-0.3, -0.25) is 9.69 Å². The molecule has 2 fully saturated rings. The maximum absolute atomic E-state index is 14.8. The maximum atomic E-state index is 14.8. The Labute approximate surface area is 246 Å². The van der Waals surface area contributed by atoms with E-state index in [1.165, 1.54) is 68.8 Å². The van der Waals surface area contributed by atoms with E-state index in [4.69, 9.17) is 9.47 Å². The number of hydrogen-bond acceptors (Lipinski definition) is 5. The summed E-state index contributed by atoms with van der Waals surface area (Å²) in [7, 11) is 4.17. The van der Waals surface area contributed by atoms with Crippen LogP contribution >= 0.6 is 0 Å². The Morgan fingerprint density at radius 1 is 1.02 bits per heavy atom. The summed E-state index contributed by atoms with van der Waals surface area (Å²) in [4.78, 5) is 28.5. The van der Waals surface area contributed by atoms with Crippen LogP contribution < -0.4 is 27.5 Å². The molecule has 2 heterocycles. The largest absolute Gasteiger partial charge is 1.00 e. The van der Waals surface area contributed by atoms with Gasteiger partial charge >= 0.3 is 6.09 Å². The van der Waals surface area contributed by atoms with Crippen molar-refractivity contribution in [3.63, 3.8) is 0 Å². The first-order valence-electron chi connectivity index (χ1n) is 15.0. The molecule has 0 unspecified atom stereocenters. The second kappa shape index (κ2) is 17.7. The van der Waals surface area contributed by atoms with Crippen LogP contribution in [0.15, 0.2) is 18.2 Å². The highest BCUT2D eigenvalue weighted by molar-refractivity contribution is 5.90. The molecule has 1 aromatic carbocycles. The van der Waals surface area contributed by atoms with Gasteiger partial charge in [0.05, 0.1) is 58.3 Å². The van der Waals surface area contributed by atoms with Crippen LogP contribution in [0.1, 0.15) is 71.1 Å². The van der Waals surface area contributed by atoms with Crippen molar-refractivity contribution in [3.8, 4) is 0 Å². The lowest BCUT2D eigenvalue weighted by Gasteiger charge is -2.29. The summed E-state index contributed by atoms with van der Waals surface area (Å²) in [5, 5.41) is 2.92. The van der Waals surface area contributed by atoms with Crippen LogP contribution in [0.5, 0.6) is 0 Å². The van der Waals surface area contributed by atoms with E-state index in [0.29, 0.717) is 48.7 Å². The Morgan fingerprint density at radius 3 is 2.27 bits per heavy atom. The van der Waals surface area contributed by atoms with Crippen molar-refractivity contribution in [1.29, 1.82) is 0 Å². The number of benzene rings is 1. The number of cyclic esters (lactones) is 1. The Kier molecular flexibility index (Phi) is 15.1. The van der Waals surface area contributed by atoms with E-state index >= 15 is 0 Å². The van der Waals surface area contributed by atoms with E-state index in [-0.39, 0.29) is 37.2 Å². The third kappa shape index (κ3) is 11.4. The molecular weight excluding hydrogens is 535 g/mol. The van der Waals surface area contributed by atoms with E-state index in [2.05, 4.69) is 26.3 Å². The maximum Gasteiger partial charge on any atom is 0.414 e. The molecule has 1 atom stereocenters. The fourth-order valence-electron chi connectivity index (χ4n) is 5.34. The molecule has 0 saturated carbocycles. The van der Waals surface area contributed by atoms with Crippen molar-refractivity contribution in [1.82, 2.24) is 5.32 Å². The van der Waals surface area contributed by atoms with Crippen LogP contribution in [-0.4, -0.2) is 89.2 Å². The highest BCUT2D eigenvalue weighted by Gasteiger charge is 2.33. The highest BCUT2D eigenvalue weighted by atomic mass is 35.5. The van der Waals surface area contributed by atoms with Crippen LogP contribution in [0.4, 0.5) is 20.6 Å². The van der Waals surface area contributed by atoms with Gasteiger partial charge < -0.3 is 36.6 Å². The summed E-state index contributed by atoms with van der Waals surface area (Å²) >= 11 is 0. The number of anilines is 2. The summed E-state index contributed by atoms with van der Waals surface area (Å²) in [5.74, 6) is -0.427. The van der Waals surface area contributed by atoms with Crippen LogP contribution in [0.25, 0.3) is 0 Å². The van der Waals surface area contributed by atoms with Crippen LogP contribution in [0.2, 0.25) is 0 Å². The van der Waals surface area contributed by atoms with Crippen LogP contribution in [-0.2, 0) is 14.3 Å². The zero-order valence-electron chi connectivity index (χ0n) is 24.8. The molecule has 2 amide bonds. The highest BCUT2D eigenvalue weighted by Crippen LogP contribution is 2.28. The molecule has 1 aromatic rings. The number of likely N-dealkylation sites (N-methyl/N-ethyl adjacent to an activating group) is 1. The molecule has 0 spiro atoms. The molecule has 228 valence electrons. The summed E-state index contributed by atoms with van der Waals surface area (Å²) in [6.45, 7) is 6.53. The molecule has 0 aliphatic carbocycles. The lowest BCUT2D eigenvalue weighted by molar-refractivity contribution is -0.882. The summed E-state index contributed by atoms with van der Waals surface area (Å²) in [6.07, 6.45) is 12.0. The van der Waals surface area contributed by atoms with Gasteiger partial charge in [-0.05, 0) is 31.0 Å². The SMILES string of the molecule is CCCCCCCCCCCC[N+](C)(C)CC(=O)NC[C@H]1CN(c2ccc(N3CCOCC3)c(F)c2)C(=O)O1.[Cl-]. The predicted molar refractivity (Wildman–Crippen MR) is 154 cm³/mol. The monoisotopic (exact) mass is 584 g/mol. The van der Waals surface area contributed by atoms with Crippen LogP contribution in [0.3, 0.4) is 0 Å². The molecule has 0 bridgehead atoms. The third-order valence-corrected chi connectivity index (χ3v) is 7.68. The van der Waals surface area contributed by atoms with E-state index in [1.54, 1.807) is 12.1 Å². The predicted octanol–water partition coefficient (Wildman–Crippen LogP) is 2.11. The number of nitrogens with one attached hydrogen (secondary N) is 1. The lowest BCUT2D eigenvalue weighted by Crippen LogP contribution is -3.00. The first kappa shape index (κ1) is 34.1. The Balaban J connectivity index is 0.00000560. The van der Waals surface area contributed by atoms with E-state index < -0.39 is 12.2 Å². The van der Waals surface area contributed by atoms with Crippen molar-refractivity contribution in [2.75, 3.05) is 76.4 Å². The summed E-state index contributed by atoms with van der Waals surface area (Å²) in [6, 6.07) is 4.82.